The minimum absolute atomic E-state index is 0.627. The normalized spacial score (nSPS) is 8.94. The molecule has 0 saturated heterocycles. The van der Waals surface area contributed by atoms with Gasteiger partial charge in [-0.15, -0.1) is 0 Å². The maximum absolute atomic E-state index is 8.86. The molecule has 0 aliphatic rings. The van der Waals surface area contributed by atoms with Gasteiger partial charge in [-0.05, 0) is 58.8 Å². The molecule has 1 aromatic heterocycles. The van der Waals surface area contributed by atoms with E-state index in [9.17, 15) is 0 Å². The highest BCUT2D eigenvalue weighted by Crippen LogP contribution is 2.11. The molecule has 0 saturated carbocycles. The first-order valence-electron chi connectivity index (χ1n) is 4.92. The summed E-state index contributed by atoms with van der Waals surface area (Å²) in [5, 5.41) is 8.86. The van der Waals surface area contributed by atoms with Crippen LogP contribution in [0.5, 0.6) is 0 Å². The van der Waals surface area contributed by atoms with Crippen LogP contribution in [0.3, 0.4) is 0 Å². The smallest absolute Gasteiger partial charge is 0.113 e. The molecule has 0 aliphatic carbocycles. The molecule has 0 aliphatic heterocycles. The molecule has 0 spiro atoms. The molecular weight excluding hydrogens is 319 g/mol. The Morgan fingerprint density at radius 2 is 1.88 bits per heavy atom. The van der Waals surface area contributed by atoms with Gasteiger partial charge in [-0.2, -0.15) is 5.26 Å². The first kappa shape index (κ1) is 11.6. The lowest BCUT2D eigenvalue weighted by atomic mass is 10.1. The van der Waals surface area contributed by atoms with Crippen molar-refractivity contribution in [2.24, 2.45) is 0 Å². The topological polar surface area (TPSA) is 36.7 Å². The van der Waals surface area contributed by atoms with E-state index in [-0.39, 0.29) is 0 Å². The van der Waals surface area contributed by atoms with Crippen molar-refractivity contribution in [2.75, 3.05) is 0 Å². The Balaban J connectivity index is 2.35. The Hall–Kier alpha value is -1.85. The summed E-state index contributed by atoms with van der Waals surface area (Å²) in [6, 6.07) is 13.3. The Morgan fingerprint density at radius 3 is 2.59 bits per heavy atom. The maximum Gasteiger partial charge on any atom is 0.113 e. The van der Waals surface area contributed by atoms with Gasteiger partial charge in [-0.1, -0.05) is 12.0 Å². The molecule has 2 aromatic rings. The number of rotatable bonds is 0. The minimum atomic E-state index is 0.627. The van der Waals surface area contributed by atoms with E-state index in [1.807, 2.05) is 30.3 Å². The van der Waals surface area contributed by atoms with Gasteiger partial charge < -0.3 is 0 Å². The van der Waals surface area contributed by atoms with Gasteiger partial charge in [0.2, 0.25) is 0 Å². The minimum Gasteiger partial charge on any atom is -0.248 e. The summed E-state index contributed by atoms with van der Waals surface area (Å²) in [4.78, 5) is 4.12. The number of nitriles is 1. The molecule has 2 nitrogen and oxygen atoms in total. The van der Waals surface area contributed by atoms with E-state index < -0.39 is 0 Å². The molecule has 1 heterocycles. The Labute approximate surface area is 113 Å². The SMILES string of the molecule is N#Cc1cc([123I])cc(C#Cc2ccccn2)c1. The molecule has 17 heavy (non-hydrogen) atoms. The van der Waals surface area contributed by atoms with E-state index in [0.717, 1.165) is 14.8 Å². The Bertz CT molecular complexity index is 631. The molecule has 0 unspecified atom stereocenters. The summed E-state index contributed by atoms with van der Waals surface area (Å²) in [5.74, 6) is 5.97. The van der Waals surface area contributed by atoms with Crippen LogP contribution in [-0.4, -0.2) is 4.98 Å². The second-order valence-electron chi connectivity index (χ2n) is 3.31. The highest BCUT2D eigenvalue weighted by atomic mass is 123. The number of hydrogen-bond donors (Lipinski definition) is 0. The second kappa shape index (κ2) is 5.47. The molecule has 0 bridgehead atoms. The monoisotopic (exact) mass is 326 g/mol. The average molecular weight is 326 g/mol. The van der Waals surface area contributed by atoms with Crippen LogP contribution in [0.1, 0.15) is 16.8 Å². The van der Waals surface area contributed by atoms with Crippen LogP contribution in [0.25, 0.3) is 0 Å². The maximum atomic E-state index is 8.86. The van der Waals surface area contributed by atoms with Crippen LogP contribution in [0.15, 0.2) is 42.6 Å². The summed E-state index contributed by atoms with van der Waals surface area (Å²) >= 11 is 2.17. The number of hydrogen-bond acceptors (Lipinski definition) is 2. The molecule has 80 valence electrons. The molecule has 0 fully saturated rings. The van der Waals surface area contributed by atoms with Crippen LogP contribution < -0.4 is 0 Å². The molecule has 0 atom stereocenters. The predicted octanol–water partition coefficient (Wildman–Crippen LogP) is 2.96. The zero-order valence-electron chi connectivity index (χ0n) is 8.81. The van der Waals surface area contributed by atoms with Gasteiger partial charge in [-0.3, -0.25) is 0 Å². The molecule has 0 N–H and O–H groups in total. The zero-order valence-corrected chi connectivity index (χ0v) is 11.0. The van der Waals surface area contributed by atoms with Gasteiger partial charge in [0.25, 0.3) is 0 Å². The van der Waals surface area contributed by atoms with Crippen molar-refractivity contribution in [1.29, 1.82) is 5.26 Å². The average Bonchev–Trinajstić information content (AvgIpc) is 2.37. The van der Waals surface area contributed by atoms with E-state index in [1.54, 1.807) is 12.3 Å². The first-order chi connectivity index (χ1) is 8.28. The van der Waals surface area contributed by atoms with Gasteiger partial charge in [-0.25, -0.2) is 4.98 Å². The number of pyridine rings is 1. The van der Waals surface area contributed by atoms with E-state index in [2.05, 4.69) is 45.5 Å². The van der Waals surface area contributed by atoms with Crippen LogP contribution in [0.4, 0.5) is 0 Å². The lowest BCUT2D eigenvalue weighted by Crippen LogP contribution is -1.83. The summed E-state index contributed by atoms with van der Waals surface area (Å²) in [6.07, 6.45) is 1.71. The molecule has 1 aromatic carbocycles. The van der Waals surface area contributed by atoms with E-state index >= 15 is 0 Å². The van der Waals surface area contributed by atoms with Crippen molar-refractivity contribution in [3.63, 3.8) is 0 Å². The van der Waals surface area contributed by atoms with Crippen LogP contribution in [0, 0.1) is 26.7 Å². The van der Waals surface area contributed by atoms with E-state index in [0.29, 0.717) is 5.56 Å². The van der Waals surface area contributed by atoms with E-state index in [4.69, 9.17) is 5.26 Å². The molecule has 2 rings (SSSR count). The van der Waals surface area contributed by atoms with E-state index in [1.165, 1.54) is 0 Å². The summed E-state index contributed by atoms with van der Waals surface area (Å²) in [7, 11) is 0. The van der Waals surface area contributed by atoms with Crippen LogP contribution >= 0.6 is 22.6 Å². The van der Waals surface area contributed by atoms with Gasteiger partial charge >= 0.3 is 0 Å². The summed E-state index contributed by atoms with van der Waals surface area (Å²) in [6.45, 7) is 0. The molecule has 0 amide bonds. The predicted molar refractivity (Wildman–Crippen MR) is 74.1 cm³/mol. The standard InChI is InChI=1S/C14H7IN2/c15-13-8-11(7-12(9-13)10-16)4-5-14-3-1-2-6-17-14/h1-3,6-9H/i15-4. The Kier molecular flexibility index (Phi) is 3.74. The summed E-state index contributed by atoms with van der Waals surface area (Å²) < 4.78 is 1.01. The van der Waals surface area contributed by atoms with Crippen molar-refractivity contribution in [3.8, 4) is 17.9 Å². The van der Waals surface area contributed by atoms with Crippen molar-refractivity contribution < 1.29 is 0 Å². The van der Waals surface area contributed by atoms with Crippen molar-refractivity contribution in [1.82, 2.24) is 4.98 Å². The molecule has 0 radical (unpaired) electrons. The fraction of sp³-hybridized carbons (Fsp3) is 0. The largest absolute Gasteiger partial charge is 0.248 e. The molecule has 3 heteroatoms. The number of nitrogens with zero attached hydrogens (tertiary/aromatic N) is 2. The van der Waals surface area contributed by atoms with Gasteiger partial charge in [0.05, 0.1) is 11.6 Å². The van der Waals surface area contributed by atoms with Crippen LogP contribution in [-0.2, 0) is 0 Å². The molecular formula is C14H7IN2. The third kappa shape index (κ3) is 3.30. The quantitative estimate of drug-likeness (QED) is 0.551. The lowest BCUT2D eigenvalue weighted by molar-refractivity contribution is 1.29. The van der Waals surface area contributed by atoms with Gasteiger partial charge in [0, 0.05) is 15.3 Å². The fourth-order valence-electron chi connectivity index (χ4n) is 1.30. The Morgan fingerprint density at radius 1 is 1.06 bits per heavy atom. The van der Waals surface area contributed by atoms with Gasteiger partial charge in [0.15, 0.2) is 0 Å². The van der Waals surface area contributed by atoms with Crippen molar-refractivity contribution >= 4 is 22.6 Å². The lowest BCUT2D eigenvalue weighted by Gasteiger charge is -1.94. The third-order valence-electron chi connectivity index (χ3n) is 2.03. The second-order valence-corrected chi connectivity index (χ2v) is 4.55. The fourth-order valence-corrected chi connectivity index (χ4v) is 1.97. The number of benzene rings is 1. The first-order valence-corrected chi connectivity index (χ1v) is 5.99. The number of aromatic nitrogens is 1. The van der Waals surface area contributed by atoms with Crippen molar-refractivity contribution in [3.05, 3.63) is 63.0 Å². The third-order valence-corrected chi connectivity index (χ3v) is 2.65. The highest BCUT2D eigenvalue weighted by molar-refractivity contribution is 14.1. The highest BCUT2D eigenvalue weighted by Gasteiger charge is 1.96. The van der Waals surface area contributed by atoms with Crippen molar-refractivity contribution in [2.45, 2.75) is 0 Å². The van der Waals surface area contributed by atoms with Crippen LogP contribution in [0.2, 0.25) is 0 Å². The zero-order chi connectivity index (χ0) is 12.1. The van der Waals surface area contributed by atoms with Gasteiger partial charge in [0.1, 0.15) is 5.69 Å². The summed E-state index contributed by atoms with van der Waals surface area (Å²) in [5.41, 5.74) is 2.19. The number of halogens is 1.